The van der Waals surface area contributed by atoms with E-state index < -0.39 is 0 Å². The van der Waals surface area contributed by atoms with E-state index in [0.717, 1.165) is 30.9 Å². The standard InChI is InChI=1S/C20H24Cl2N4O2/c1-15-16(20(22)24(2)23-15)7-8-19(27)26-11-9-25(10-12-26)13-14-28-18-6-4-3-5-17(18)21/h3-8H,9-14H2,1-2H3/b8-7+. The number of aryl methyl sites for hydroxylation is 2. The number of nitrogens with zero attached hydrogens (tertiary/aromatic N) is 4. The van der Waals surface area contributed by atoms with E-state index in [0.29, 0.717) is 35.6 Å². The van der Waals surface area contributed by atoms with Gasteiger partial charge in [0.25, 0.3) is 0 Å². The lowest BCUT2D eigenvalue weighted by Crippen LogP contribution is -2.49. The van der Waals surface area contributed by atoms with Crippen LogP contribution in [0.3, 0.4) is 0 Å². The maximum Gasteiger partial charge on any atom is 0.246 e. The number of carbonyl (C=O) groups is 1. The van der Waals surface area contributed by atoms with Crippen LogP contribution in [0.25, 0.3) is 6.08 Å². The molecule has 6 nitrogen and oxygen atoms in total. The summed E-state index contributed by atoms with van der Waals surface area (Å²) in [6.45, 7) is 6.25. The van der Waals surface area contributed by atoms with Crippen molar-refractivity contribution in [2.75, 3.05) is 39.3 Å². The Morgan fingerprint density at radius 2 is 1.93 bits per heavy atom. The highest BCUT2D eigenvalue weighted by atomic mass is 35.5. The Morgan fingerprint density at radius 1 is 1.21 bits per heavy atom. The van der Waals surface area contributed by atoms with Crippen LogP contribution in [0.5, 0.6) is 5.75 Å². The smallest absolute Gasteiger partial charge is 0.246 e. The van der Waals surface area contributed by atoms with Gasteiger partial charge in [-0.2, -0.15) is 5.10 Å². The van der Waals surface area contributed by atoms with E-state index in [1.54, 1.807) is 23.9 Å². The molecule has 28 heavy (non-hydrogen) atoms. The molecule has 1 amide bonds. The van der Waals surface area contributed by atoms with Gasteiger partial charge in [-0.1, -0.05) is 35.3 Å². The van der Waals surface area contributed by atoms with Crippen molar-refractivity contribution < 1.29 is 9.53 Å². The molecule has 1 aliphatic rings. The quantitative estimate of drug-likeness (QED) is 0.670. The first-order chi connectivity index (χ1) is 13.5. The van der Waals surface area contributed by atoms with Crippen molar-refractivity contribution in [1.29, 1.82) is 0 Å². The van der Waals surface area contributed by atoms with Crippen LogP contribution in [0.2, 0.25) is 10.2 Å². The van der Waals surface area contributed by atoms with Crippen molar-refractivity contribution in [3.63, 3.8) is 0 Å². The molecule has 1 fully saturated rings. The molecule has 1 saturated heterocycles. The Kier molecular flexibility index (Phi) is 6.99. The van der Waals surface area contributed by atoms with Crippen molar-refractivity contribution in [3.05, 3.63) is 51.8 Å². The van der Waals surface area contributed by atoms with E-state index in [4.69, 9.17) is 27.9 Å². The first-order valence-corrected chi connectivity index (χ1v) is 9.97. The molecule has 0 bridgehead atoms. The number of para-hydroxylation sites is 1. The molecule has 0 saturated carbocycles. The zero-order valence-corrected chi connectivity index (χ0v) is 17.6. The lowest BCUT2D eigenvalue weighted by atomic mass is 10.2. The molecular weight excluding hydrogens is 399 g/mol. The van der Waals surface area contributed by atoms with Crippen LogP contribution in [0.15, 0.2) is 30.3 Å². The van der Waals surface area contributed by atoms with Crippen molar-refractivity contribution in [2.24, 2.45) is 7.05 Å². The van der Waals surface area contributed by atoms with E-state index in [2.05, 4.69) is 10.00 Å². The molecule has 2 aromatic rings. The molecule has 3 rings (SSSR count). The van der Waals surface area contributed by atoms with E-state index in [-0.39, 0.29) is 5.91 Å². The number of benzene rings is 1. The monoisotopic (exact) mass is 422 g/mol. The van der Waals surface area contributed by atoms with Gasteiger partial charge in [0, 0.05) is 51.4 Å². The van der Waals surface area contributed by atoms with Gasteiger partial charge < -0.3 is 9.64 Å². The Bertz CT molecular complexity index is 858. The second-order valence-corrected chi connectivity index (χ2v) is 7.46. The Balaban J connectivity index is 1.44. The van der Waals surface area contributed by atoms with Crippen LogP contribution >= 0.6 is 23.2 Å². The molecule has 0 atom stereocenters. The van der Waals surface area contributed by atoms with Crippen molar-refractivity contribution >= 4 is 35.2 Å². The largest absolute Gasteiger partial charge is 0.491 e. The third-order valence-corrected chi connectivity index (χ3v) is 5.53. The SMILES string of the molecule is Cc1nn(C)c(Cl)c1/C=C/C(=O)N1CCN(CCOc2ccccc2Cl)CC1. The number of ether oxygens (including phenoxy) is 1. The van der Waals surface area contributed by atoms with E-state index >= 15 is 0 Å². The number of hydrogen-bond acceptors (Lipinski definition) is 4. The molecule has 0 unspecified atom stereocenters. The molecule has 150 valence electrons. The highest BCUT2D eigenvalue weighted by molar-refractivity contribution is 6.32. The zero-order valence-electron chi connectivity index (χ0n) is 16.1. The molecule has 0 aliphatic carbocycles. The van der Waals surface area contributed by atoms with Crippen LogP contribution in [-0.2, 0) is 11.8 Å². The number of halogens is 2. The molecule has 1 aliphatic heterocycles. The average Bonchev–Trinajstić information content (AvgIpc) is 2.93. The molecule has 1 aromatic heterocycles. The van der Waals surface area contributed by atoms with E-state index in [1.165, 1.54) is 0 Å². The summed E-state index contributed by atoms with van der Waals surface area (Å²) < 4.78 is 7.34. The summed E-state index contributed by atoms with van der Waals surface area (Å²) in [7, 11) is 1.78. The topological polar surface area (TPSA) is 50.6 Å². The fourth-order valence-corrected chi connectivity index (χ4v) is 3.56. The maximum atomic E-state index is 12.5. The first-order valence-electron chi connectivity index (χ1n) is 9.21. The molecule has 0 N–H and O–H groups in total. The fourth-order valence-electron chi connectivity index (χ4n) is 3.13. The van der Waals surface area contributed by atoms with Gasteiger partial charge in [-0.3, -0.25) is 14.4 Å². The molecule has 2 heterocycles. The number of aromatic nitrogens is 2. The Labute approximate surface area is 175 Å². The average molecular weight is 423 g/mol. The summed E-state index contributed by atoms with van der Waals surface area (Å²) in [6.07, 6.45) is 3.32. The Hall–Kier alpha value is -2.02. The van der Waals surface area contributed by atoms with Gasteiger partial charge >= 0.3 is 0 Å². The minimum atomic E-state index is -0.00807. The normalized spacial score (nSPS) is 15.4. The number of rotatable bonds is 6. The Morgan fingerprint density at radius 3 is 2.57 bits per heavy atom. The maximum absolute atomic E-state index is 12.5. The van der Waals surface area contributed by atoms with Crippen LogP contribution in [0.4, 0.5) is 0 Å². The lowest BCUT2D eigenvalue weighted by molar-refractivity contribution is -0.127. The first kappa shape index (κ1) is 20.7. The number of piperazine rings is 1. The van der Waals surface area contributed by atoms with Crippen LogP contribution in [-0.4, -0.2) is 64.8 Å². The summed E-state index contributed by atoms with van der Waals surface area (Å²) >= 11 is 12.3. The predicted octanol–water partition coefficient (Wildman–Crippen LogP) is 3.27. The minimum absolute atomic E-state index is 0.00807. The molecule has 1 aromatic carbocycles. The van der Waals surface area contributed by atoms with Crippen LogP contribution < -0.4 is 4.74 Å². The minimum Gasteiger partial charge on any atom is -0.491 e. The van der Waals surface area contributed by atoms with E-state index in [1.807, 2.05) is 36.1 Å². The van der Waals surface area contributed by atoms with Gasteiger partial charge in [-0.05, 0) is 25.1 Å². The summed E-state index contributed by atoms with van der Waals surface area (Å²) in [5.74, 6) is 0.693. The summed E-state index contributed by atoms with van der Waals surface area (Å²) in [5.41, 5.74) is 1.59. The molecular formula is C20H24Cl2N4O2. The molecule has 0 radical (unpaired) electrons. The van der Waals surface area contributed by atoms with Crippen molar-refractivity contribution in [3.8, 4) is 5.75 Å². The third-order valence-electron chi connectivity index (χ3n) is 4.77. The molecule has 0 spiro atoms. The van der Waals surface area contributed by atoms with Crippen LogP contribution in [0, 0.1) is 6.92 Å². The second-order valence-electron chi connectivity index (χ2n) is 6.69. The summed E-state index contributed by atoms with van der Waals surface area (Å²) in [6, 6.07) is 7.46. The zero-order chi connectivity index (χ0) is 20.1. The van der Waals surface area contributed by atoms with Gasteiger partial charge in [0.15, 0.2) is 0 Å². The number of carbonyl (C=O) groups excluding carboxylic acids is 1. The lowest BCUT2D eigenvalue weighted by Gasteiger charge is -2.34. The van der Waals surface area contributed by atoms with Crippen LogP contribution in [0.1, 0.15) is 11.3 Å². The molecule has 8 heteroatoms. The second kappa shape index (κ2) is 9.45. The van der Waals surface area contributed by atoms with Gasteiger partial charge in [0.2, 0.25) is 5.91 Å². The highest BCUT2D eigenvalue weighted by Crippen LogP contribution is 2.23. The summed E-state index contributed by atoms with van der Waals surface area (Å²) in [4.78, 5) is 16.6. The van der Waals surface area contributed by atoms with Gasteiger partial charge in [0.05, 0.1) is 10.7 Å². The fraction of sp³-hybridized carbons (Fsp3) is 0.400. The van der Waals surface area contributed by atoms with Gasteiger partial charge in [-0.25, -0.2) is 0 Å². The van der Waals surface area contributed by atoms with Crippen molar-refractivity contribution in [2.45, 2.75) is 6.92 Å². The van der Waals surface area contributed by atoms with Gasteiger partial charge in [0.1, 0.15) is 17.5 Å². The van der Waals surface area contributed by atoms with E-state index in [9.17, 15) is 4.79 Å². The third kappa shape index (κ3) is 5.07. The van der Waals surface area contributed by atoms with Crippen molar-refractivity contribution in [1.82, 2.24) is 19.6 Å². The number of amides is 1. The summed E-state index contributed by atoms with van der Waals surface area (Å²) in [5, 5.41) is 5.40. The highest BCUT2D eigenvalue weighted by Gasteiger charge is 2.20. The number of hydrogen-bond donors (Lipinski definition) is 0. The van der Waals surface area contributed by atoms with Gasteiger partial charge in [-0.15, -0.1) is 0 Å². The predicted molar refractivity (Wildman–Crippen MR) is 112 cm³/mol.